The summed E-state index contributed by atoms with van der Waals surface area (Å²) < 4.78 is 12.3. The van der Waals surface area contributed by atoms with Gasteiger partial charge in [-0.25, -0.2) is 4.98 Å². The molecule has 2 aliphatic rings. The number of furan rings is 1. The number of hydrogen-bond donors (Lipinski definition) is 0. The molecule has 4 heterocycles. The maximum Gasteiger partial charge on any atom is 0.227 e. The average molecular weight is 352 g/mol. The highest BCUT2D eigenvalue weighted by molar-refractivity contribution is 6.08. The van der Waals surface area contributed by atoms with Crippen molar-refractivity contribution in [3.05, 3.63) is 78.2 Å². The van der Waals surface area contributed by atoms with Gasteiger partial charge in [-0.15, -0.1) is 0 Å². The number of pyridine rings is 2. The number of hydrogen-bond acceptors (Lipinski definition) is 4. The first-order chi connectivity index (χ1) is 13.3. The third-order valence-electron chi connectivity index (χ3n) is 5.38. The van der Waals surface area contributed by atoms with Gasteiger partial charge in [-0.05, 0) is 31.2 Å². The van der Waals surface area contributed by atoms with E-state index in [0.29, 0.717) is 5.71 Å². The van der Waals surface area contributed by atoms with E-state index in [9.17, 15) is 0 Å². The molecule has 0 bridgehead atoms. The lowest BCUT2D eigenvalue weighted by Crippen LogP contribution is -2.15. The molecule has 2 unspecified atom stereocenters. The Morgan fingerprint density at radius 3 is 2.89 bits per heavy atom. The molecule has 2 atom stereocenters. The maximum atomic E-state index is 6.14. The first-order valence-electron chi connectivity index (χ1n) is 9.09. The van der Waals surface area contributed by atoms with E-state index in [1.165, 1.54) is 0 Å². The molecular weight excluding hydrogens is 336 g/mol. The van der Waals surface area contributed by atoms with E-state index in [4.69, 9.17) is 14.1 Å². The molecule has 0 amide bonds. The molecule has 130 valence electrons. The van der Waals surface area contributed by atoms with E-state index in [2.05, 4.69) is 35.3 Å². The summed E-state index contributed by atoms with van der Waals surface area (Å²) in [5, 5.41) is 2.08. The van der Waals surface area contributed by atoms with Crippen molar-refractivity contribution in [1.82, 2.24) is 9.97 Å². The highest BCUT2D eigenvalue weighted by atomic mass is 16.5. The van der Waals surface area contributed by atoms with Gasteiger partial charge in [0, 0.05) is 45.8 Å². The number of ether oxygens (including phenoxy) is 1. The average Bonchev–Trinajstić information content (AvgIpc) is 3.24. The van der Waals surface area contributed by atoms with Crippen molar-refractivity contribution >= 4 is 22.1 Å². The summed E-state index contributed by atoms with van der Waals surface area (Å²) in [6.07, 6.45) is 10.4. The van der Waals surface area contributed by atoms with Gasteiger partial charge in [-0.1, -0.05) is 30.4 Å². The Morgan fingerprint density at radius 1 is 1.00 bits per heavy atom. The van der Waals surface area contributed by atoms with Gasteiger partial charge in [0.15, 0.2) is 0 Å². The highest BCUT2D eigenvalue weighted by Crippen LogP contribution is 2.43. The molecule has 1 aliphatic heterocycles. The minimum absolute atomic E-state index is 0.0659. The third kappa shape index (κ3) is 2.10. The van der Waals surface area contributed by atoms with Crippen LogP contribution in [0.1, 0.15) is 17.2 Å². The Morgan fingerprint density at radius 2 is 1.93 bits per heavy atom. The van der Waals surface area contributed by atoms with Crippen LogP contribution in [0.3, 0.4) is 0 Å². The van der Waals surface area contributed by atoms with Crippen molar-refractivity contribution < 1.29 is 9.15 Å². The summed E-state index contributed by atoms with van der Waals surface area (Å²) in [6, 6.07) is 12.2. The summed E-state index contributed by atoms with van der Waals surface area (Å²) in [6.45, 7) is 1.97. The van der Waals surface area contributed by atoms with E-state index in [-0.39, 0.29) is 12.0 Å². The van der Waals surface area contributed by atoms with Crippen LogP contribution in [-0.4, -0.2) is 16.1 Å². The predicted octanol–water partition coefficient (Wildman–Crippen LogP) is 5.32. The van der Waals surface area contributed by atoms with Crippen molar-refractivity contribution in [2.24, 2.45) is 0 Å². The molecule has 0 spiro atoms. The number of aromatic nitrogens is 2. The zero-order chi connectivity index (χ0) is 18.0. The van der Waals surface area contributed by atoms with Gasteiger partial charge in [-0.2, -0.15) is 0 Å². The number of allylic oxidation sites excluding steroid dienone is 2. The molecule has 0 saturated heterocycles. The van der Waals surface area contributed by atoms with Crippen LogP contribution in [0.5, 0.6) is 5.75 Å². The smallest absolute Gasteiger partial charge is 0.227 e. The number of aryl methyl sites for hydroxylation is 1. The summed E-state index contributed by atoms with van der Waals surface area (Å²) >= 11 is 0. The second-order valence-electron chi connectivity index (χ2n) is 7.08. The SMILES string of the molecule is Cc1ccc2c(n1)oc1c(-c3cc4c(cn3)C3C=CC=CC3O4)cccc12. The molecule has 0 fully saturated rings. The second kappa shape index (κ2) is 5.30. The standard InChI is InChI=1S/C23H16N2O2/c1-13-9-10-16-15-6-4-7-17(22(15)27-23(16)25-13)19-11-21-18(12-24-19)14-5-2-3-8-20(14)26-21/h2-12,14,20H,1H3. The van der Waals surface area contributed by atoms with Gasteiger partial charge >= 0.3 is 0 Å². The normalized spacial score (nSPS) is 20.0. The van der Waals surface area contributed by atoms with E-state index in [0.717, 1.165) is 44.6 Å². The third-order valence-corrected chi connectivity index (χ3v) is 5.38. The van der Waals surface area contributed by atoms with Gasteiger partial charge in [-0.3, -0.25) is 4.98 Å². The fourth-order valence-corrected chi connectivity index (χ4v) is 4.05. The van der Waals surface area contributed by atoms with Crippen LogP contribution in [-0.2, 0) is 0 Å². The van der Waals surface area contributed by atoms with Crippen LogP contribution in [0.4, 0.5) is 0 Å². The van der Waals surface area contributed by atoms with Crippen molar-refractivity contribution in [3.63, 3.8) is 0 Å². The summed E-state index contributed by atoms with van der Waals surface area (Å²) in [5.74, 6) is 1.15. The first-order valence-corrected chi connectivity index (χ1v) is 9.09. The minimum atomic E-state index is 0.0659. The Bertz CT molecular complexity index is 1280. The second-order valence-corrected chi connectivity index (χ2v) is 7.08. The van der Waals surface area contributed by atoms with Crippen molar-refractivity contribution in [1.29, 1.82) is 0 Å². The van der Waals surface area contributed by atoms with Crippen LogP contribution < -0.4 is 4.74 Å². The summed E-state index contributed by atoms with van der Waals surface area (Å²) in [7, 11) is 0. The number of para-hydroxylation sites is 1. The van der Waals surface area contributed by atoms with Crippen LogP contribution in [0, 0.1) is 6.92 Å². The molecule has 1 aliphatic carbocycles. The van der Waals surface area contributed by atoms with Gasteiger partial charge in [0.2, 0.25) is 5.71 Å². The Kier molecular flexibility index (Phi) is 2.89. The summed E-state index contributed by atoms with van der Waals surface area (Å²) in [5.41, 5.74) is 5.36. The van der Waals surface area contributed by atoms with E-state index in [1.54, 1.807) is 0 Å². The van der Waals surface area contributed by atoms with E-state index < -0.39 is 0 Å². The Hall–Kier alpha value is -3.40. The molecule has 0 radical (unpaired) electrons. The van der Waals surface area contributed by atoms with Crippen LogP contribution in [0.25, 0.3) is 33.3 Å². The van der Waals surface area contributed by atoms with Crippen LogP contribution in [0.2, 0.25) is 0 Å². The molecule has 4 heteroatoms. The fourth-order valence-electron chi connectivity index (χ4n) is 4.05. The zero-order valence-corrected chi connectivity index (χ0v) is 14.7. The van der Waals surface area contributed by atoms with Gasteiger partial charge < -0.3 is 9.15 Å². The predicted molar refractivity (Wildman–Crippen MR) is 105 cm³/mol. The Balaban J connectivity index is 1.54. The van der Waals surface area contributed by atoms with E-state index >= 15 is 0 Å². The largest absolute Gasteiger partial charge is 0.485 e. The molecule has 0 saturated carbocycles. The van der Waals surface area contributed by atoms with Crippen LogP contribution >= 0.6 is 0 Å². The molecule has 3 aromatic heterocycles. The van der Waals surface area contributed by atoms with Crippen LogP contribution in [0.15, 0.2) is 71.3 Å². The lowest BCUT2D eigenvalue weighted by Gasteiger charge is -2.13. The molecule has 27 heavy (non-hydrogen) atoms. The lowest BCUT2D eigenvalue weighted by molar-refractivity contribution is 0.269. The van der Waals surface area contributed by atoms with Gasteiger partial charge in [0.1, 0.15) is 17.4 Å². The fraction of sp³-hybridized carbons (Fsp3) is 0.130. The molecular formula is C23H16N2O2. The zero-order valence-electron chi connectivity index (χ0n) is 14.7. The van der Waals surface area contributed by atoms with Crippen molar-refractivity contribution in [2.45, 2.75) is 18.9 Å². The monoisotopic (exact) mass is 352 g/mol. The van der Waals surface area contributed by atoms with Crippen molar-refractivity contribution in [2.75, 3.05) is 0 Å². The van der Waals surface area contributed by atoms with Crippen molar-refractivity contribution in [3.8, 4) is 17.0 Å². The highest BCUT2D eigenvalue weighted by Gasteiger charge is 2.32. The lowest BCUT2D eigenvalue weighted by atomic mass is 9.93. The Labute approximate surface area is 155 Å². The number of benzene rings is 1. The number of rotatable bonds is 1. The van der Waals surface area contributed by atoms with Gasteiger partial charge in [0.05, 0.1) is 5.69 Å². The molecule has 4 aromatic rings. The number of nitrogens with zero attached hydrogens (tertiary/aromatic N) is 2. The summed E-state index contributed by atoms with van der Waals surface area (Å²) in [4.78, 5) is 9.26. The molecule has 0 N–H and O–H groups in total. The molecule has 6 rings (SSSR count). The minimum Gasteiger partial charge on any atom is -0.485 e. The quantitative estimate of drug-likeness (QED) is 0.465. The number of fused-ring (bicyclic) bond motifs is 6. The van der Waals surface area contributed by atoms with E-state index in [1.807, 2.05) is 43.5 Å². The maximum absolute atomic E-state index is 6.14. The molecule has 4 nitrogen and oxygen atoms in total. The van der Waals surface area contributed by atoms with Gasteiger partial charge in [0.25, 0.3) is 0 Å². The molecule has 1 aromatic carbocycles. The topological polar surface area (TPSA) is 48.2 Å². The first kappa shape index (κ1) is 14.7.